The third-order valence-electron chi connectivity index (χ3n) is 3.92. The number of amides is 2. The second-order valence-electron chi connectivity index (χ2n) is 6.86. The first-order valence-corrected chi connectivity index (χ1v) is 8.95. The summed E-state index contributed by atoms with van der Waals surface area (Å²) in [5.74, 6) is 0.123. The fourth-order valence-electron chi connectivity index (χ4n) is 2.57. The van der Waals surface area contributed by atoms with Crippen LogP contribution in [0.5, 0.6) is 0 Å². The Morgan fingerprint density at radius 3 is 2.46 bits per heavy atom. The lowest BCUT2D eigenvalue weighted by Gasteiger charge is -2.25. The maximum Gasteiger partial charge on any atom is 0.273 e. The number of carbonyl (C=O) groups is 2. The van der Waals surface area contributed by atoms with E-state index >= 15 is 0 Å². The molecule has 2 rings (SSSR count). The second kappa shape index (κ2) is 9.17. The van der Waals surface area contributed by atoms with Gasteiger partial charge in [0.05, 0.1) is 6.54 Å². The number of nitrogens with one attached hydrogen (secondary N) is 1. The number of rotatable bonds is 8. The normalized spacial score (nSPS) is 11.0. The minimum atomic E-state index is -0.276. The van der Waals surface area contributed by atoms with Crippen LogP contribution in [0.25, 0.3) is 0 Å². The topological polar surface area (TPSA) is 75.4 Å². The van der Waals surface area contributed by atoms with Gasteiger partial charge in [0.25, 0.3) is 5.91 Å². The zero-order valence-electron chi connectivity index (χ0n) is 15.9. The zero-order valence-corrected chi connectivity index (χ0v) is 15.9. The SMILES string of the molecule is CC(C)NC(=O)c1coc(CN(C(=O)CCc2ccccc2)C(C)C)n1. The number of aromatic nitrogens is 1. The lowest BCUT2D eigenvalue weighted by atomic mass is 10.1. The highest BCUT2D eigenvalue weighted by atomic mass is 16.3. The molecule has 140 valence electrons. The summed E-state index contributed by atoms with van der Waals surface area (Å²) in [6.07, 6.45) is 2.44. The van der Waals surface area contributed by atoms with Crippen molar-refractivity contribution in [1.29, 1.82) is 0 Å². The van der Waals surface area contributed by atoms with Crippen molar-refractivity contribution in [3.63, 3.8) is 0 Å². The van der Waals surface area contributed by atoms with Gasteiger partial charge in [-0.15, -0.1) is 0 Å². The monoisotopic (exact) mass is 357 g/mol. The maximum atomic E-state index is 12.6. The molecule has 1 heterocycles. The van der Waals surface area contributed by atoms with Crippen LogP contribution in [0.3, 0.4) is 0 Å². The predicted molar refractivity (Wildman–Crippen MR) is 99.6 cm³/mol. The van der Waals surface area contributed by atoms with Crippen molar-refractivity contribution >= 4 is 11.8 Å². The Morgan fingerprint density at radius 2 is 1.85 bits per heavy atom. The van der Waals surface area contributed by atoms with E-state index < -0.39 is 0 Å². The molecule has 0 aliphatic rings. The third kappa shape index (κ3) is 5.72. The predicted octanol–water partition coefficient (Wildman–Crippen LogP) is 3.18. The minimum absolute atomic E-state index is 0.0121. The van der Waals surface area contributed by atoms with Gasteiger partial charge in [-0.2, -0.15) is 0 Å². The van der Waals surface area contributed by atoms with E-state index in [1.807, 2.05) is 58.0 Å². The number of aryl methyl sites for hydroxylation is 1. The Morgan fingerprint density at radius 1 is 1.15 bits per heavy atom. The molecule has 0 atom stereocenters. The molecule has 0 bridgehead atoms. The highest BCUT2D eigenvalue weighted by Gasteiger charge is 2.21. The molecule has 0 spiro atoms. The summed E-state index contributed by atoms with van der Waals surface area (Å²) in [7, 11) is 0. The molecule has 0 radical (unpaired) electrons. The maximum absolute atomic E-state index is 12.6. The quantitative estimate of drug-likeness (QED) is 0.787. The van der Waals surface area contributed by atoms with E-state index in [0.29, 0.717) is 18.7 Å². The van der Waals surface area contributed by atoms with Gasteiger partial charge >= 0.3 is 0 Å². The summed E-state index contributed by atoms with van der Waals surface area (Å²) >= 11 is 0. The molecule has 26 heavy (non-hydrogen) atoms. The Bertz CT molecular complexity index is 723. The van der Waals surface area contributed by atoms with Crippen LogP contribution in [0.2, 0.25) is 0 Å². The van der Waals surface area contributed by atoms with Crippen molar-refractivity contribution in [3.05, 3.63) is 53.7 Å². The molecule has 0 saturated carbocycles. The molecule has 0 saturated heterocycles. The average molecular weight is 357 g/mol. The van der Waals surface area contributed by atoms with Gasteiger partial charge in [0, 0.05) is 18.5 Å². The summed E-state index contributed by atoms with van der Waals surface area (Å²) in [5, 5.41) is 2.77. The van der Waals surface area contributed by atoms with Crippen LogP contribution < -0.4 is 5.32 Å². The van der Waals surface area contributed by atoms with Gasteiger partial charge in [-0.3, -0.25) is 9.59 Å². The Kier molecular flexibility index (Phi) is 6.95. The molecule has 6 heteroatoms. The van der Waals surface area contributed by atoms with Crippen LogP contribution in [-0.4, -0.2) is 33.8 Å². The number of hydrogen-bond donors (Lipinski definition) is 1. The van der Waals surface area contributed by atoms with E-state index in [4.69, 9.17) is 4.42 Å². The van der Waals surface area contributed by atoms with Gasteiger partial charge in [0.1, 0.15) is 6.26 Å². The van der Waals surface area contributed by atoms with Crippen LogP contribution in [0, 0.1) is 0 Å². The first-order valence-electron chi connectivity index (χ1n) is 8.95. The van der Waals surface area contributed by atoms with Gasteiger partial charge in [0.15, 0.2) is 5.69 Å². The number of carbonyl (C=O) groups excluding carboxylic acids is 2. The molecule has 0 aliphatic carbocycles. The summed E-state index contributed by atoms with van der Waals surface area (Å²) in [5.41, 5.74) is 1.36. The molecular weight excluding hydrogens is 330 g/mol. The van der Waals surface area contributed by atoms with E-state index in [-0.39, 0.29) is 36.1 Å². The Balaban J connectivity index is 1.98. The van der Waals surface area contributed by atoms with E-state index in [1.54, 1.807) is 4.90 Å². The highest BCUT2D eigenvalue weighted by molar-refractivity contribution is 5.92. The van der Waals surface area contributed by atoms with Crippen molar-refractivity contribution in [3.8, 4) is 0 Å². The largest absolute Gasteiger partial charge is 0.446 e. The molecule has 2 aromatic rings. The van der Waals surface area contributed by atoms with Crippen molar-refractivity contribution in [2.75, 3.05) is 0 Å². The molecule has 0 unspecified atom stereocenters. The van der Waals surface area contributed by atoms with E-state index in [1.165, 1.54) is 6.26 Å². The second-order valence-corrected chi connectivity index (χ2v) is 6.86. The Labute approximate surface area is 154 Å². The third-order valence-corrected chi connectivity index (χ3v) is 3.92. The van der Waals surface area contributed by atoms with Crippen LogP contribution in [-0.2, 0) is 17.8 Å². The van der Waals surface area contributed by atoms with Crippen LogP contribution in [0.1, 0.15) is 56.1 Å². The number of oxazole rings is 1. The van der Waals surface area contributed by atoms with Gasteiger partial charge in [-0.25, -0.2) is 4.98 Å². The number of hydrogen-bond acceptors (Lipinski definition) is 4. The summed E-state index contributed by atoms with van der Waals surface area (Å²) in [4.78, 5) is 30.5. The highest BCUT2D eigenvalue weighted by Crippen LogP contribution is 2.12. The molecule has 1 aromatic carbocycles. The first kappa shape index (κ1) is 19.7. The summed E-state index contributed by atoms with van der Waals surface area (Å²) in [6.45, 7) is 7.92. The average Bonchev–Trinajstić information content (AvgIpc) is 3.06. The number of benzene rings is 1. The molecule has 2 amide bonds. The molecule has 1 aromatic heterocycles. The van der Waals surface area contributed by atoms with Crippen LogP contribution in [0.4, 0.5) is 0 Å². The van der Waals surface area contributed by atoms with Crippen LogP contribution in [0.15, 0.2) is 41.0 Å². The van der Waals surface area contributed by atoms with Gasteiger partial charge in [-0.1, -0.05) is 30.3 Å². The van der Waals surface area contributed by atoms with E-state index in [9.17, 15) is 9.59 Å². The minimum Gasteiger partial charge on any atom is -0.446 e. The molecule has 1 N–H and O–H groups in total. The molecule has 6 nitrogen and oxygen atoms in total. The fourth-order valence-corrected chi connectivity index (χ4v) is 2.57. The number of nitrogens with zero attached hydrogens (tertiary/aromatic N) is 2. The van der Waals surface area contributed by atoms with Gasteiger partial charge in [-0.05, 0) is 39.7 Å². The van der Waals surface area contributed by atoms with E-state index in [2.05, 4.69) is 10.3 Å². The van der Waals surface area contributed by atoms with Crippen molar-refractivity contribution in [2.24, 2.45) is 0 Å². The lowest BCUT2D eigenvalue weighted by Crippen LogP contribution is -2.36. The zero-order chi connectivity index (χ0) is 19.1. The van der Waals surface area contributed by atoms with Crippen molar-refractivity contribution < 1.29 is 14.0 Å². The lowest BCUT2D eigenvalue weighted by molar-refractivity contribution is -0.133. The smallest absolute Gasteiger partial charge is 0.273 e. The fraction of sp³-hybridized carbons (Fsp3) is 0.450. The standard InChI is InChI=1S/C20H27N3O3/c1-14(2)21-20(25)17-13-26-18(22-17)12-23(15(3)4)19(24)11-10-16-8-6-5-7-9-16/h5-9,13-15H,10-12H2,1-4H3,(H,21,25). The van der Waals surface area contributed by atoms with Gasteiger partial charge in [0.2, 0.25) is 11.8 Å². The Hall–Kier alpha value is -2.63. The molecule has 0 aliphatic heterocycles. The van der Waals surface area contributed by atoms with Gasteiger partial charge < -0.3 is 14.6 Å². The van der Waals surface area contributed by atoms with Crippen molar-refractivity contribution in [2.45, 2.75) is 59.2 Å². The summed E-state index contributed by atoms with van der Waals surface area (Å²) < 4.78 is 5.40. The van der Waals surface area contributed by atoms with Crippen molar-refractivity contribution in [1.82, 2.24) is 15.2 Å². The van der Waals surface area contributed by atoms with Crippen LogP contribution >= 0.6 is 0 Å². The first-order chi connectivity index (χ1) is 12.4. The van der Waals surface area contributed by atoms with E-state index in [0.717, 1.165) is 5.56 Å². The molecular formula is C20H27N3O3. The summed E-state index contributed by atoms with van der Waals surface area (Å²) in [6, 6.07) is 9.96. The molecule has 0 fully saturated rings.